The van der Waals surface area contributed by atoms with Gasteiger partial charge in [-0.2, -0.15) is 0 Å². The highest BCUT2D eigenvalue weighted by Crippen LogP contribution is 2.07. The van der Waals surface area contributed by atoms with Crippen molar-refractivity contribution in [1.82, 2.24) is 10.2 Å². The Morgan fingerprint density at radius 2 is 1.80 bits per heavy atom. The van der Waals surface area contributed by atoms with E-state index < -0.39 is 0 Å². The number of amides is 1. The van der Waals surface area contributed by atoms with Crippen LogP contribution in [0.15, 0.2) is 0 Å². The predicted molar refractivity (Wildman–Crippen MR) is 64.9 cm³/mol. The Bertz CT molecular complexity index is 176. The van der Waals surface area contributed by atoms with Gasteiger partial charge in [-0.3, -0.25) is 4.79 Å². The van der Waals surface area contributed by atoms with Crippen LogP contribution >= 0.6 is 0 Å². The van der Waals surface area contributed by atoms with E-state index in [0.29, 0.717) is 18.5 Å². The molecule has 90 valence electrons. The Balaban J connectivity index is 3.87. The third kappa shape index (κ3) is 5.78. The van der Waals surface area contributed by atoms with Crippen LogP contribution in [0.2, 0.25) is 0 Å². The third-order valence-corrected chi connectivity index (χ3v) is 2.78. The average Bonchev–Trinajstić information content (AvgIpc) is 2.18. The van der Waals surface area contributed by atoms with Crippen LogP contribution in [0.25, 0.3) is 0 Å². The van der Waals surface area contributed by atoms with E-state index >= 15 is 0 Å². The van der Waals surface area contributed by atoms with E-state index in [2.05, 4.69) is 33.0 Å². The van der Waals surface area contributed by atoms with Gasteiger partial charge in [0.15, 0.2) is 0 Å². The maximum Gasteiger partial charge on any atom is 0.223 e. The molecule has 0 radical (unpaired) electrons. The molecule has 0 heterocycles. The molecule has 0 fully saturated rings. The van der Waals surface area contributed by atoms with Crippen LogP contribution in [-0.2, 0) is 4.79 Å². The van der Waals surface area contributed by atoms with Gasteiger partial charge >= 0.3 is 0 Å². The molecule has 0 saturated heterocycles. The fraction of sp³-hybridized carbons (Fsp3) is 0.917. The van der Waals surface area contributed by atoms with Crippen molar-refractivity contribution < 1.29 is 4.79 Å². The molecule has 3 heteroatoms. The minimum atomic E-state index is 0.247. The van der Waals surface area contributed by atoms with Crippen molar-refractivity contribution in [1.29, 1.82) is 0 Å². The molecule has 0 aliphatic heterocycles. The van der Waals surface area contributed by atoms with E-state index in [9.17, 15) is 4.79 Å². The maximum absolute atomic E-state index is 11.8. The van der Waals surface area contributed by atoms with Crippen molar-refractivity contribution in [2.24, 2.45) is 0 Å². The summed E-state index contributed by atoms with van der Waals surface area (Å²) in [5.41, 5.74) is 0. The second kappa shape index (κ2) is 7.69. The fourth-order valence-electron chi connectivity index (χ4n) is 1.68. The van der Waals surface area contributed by atoms with Crippen molar-refractivity contribution in [3.05, 3.63) is 0 Å². The van der Waals surface area contributed by atoms with Gasteiger partial charge in [0.25, 0.3) is 0 Å². The second-order valence-corrected chi connectivity index (χ2v) is 4.33. The summed E-state index contributed by atoms with van der Waals surface area (Å²) in [4.78, 5) is 13.7. The van der Waals surface area contributed by atoms with E-state index in [-0.39, 0.29) is 5.91 Å². The first-order valence-electron chi connectivity index (χ1n) is 6.01. The van der Waals surface area contributed by atoms with Gasteiger partial charge in [0.1, 0.15) is 0 Å². The molecular weight excluding hydrogens is 188 g/mol. The van der Waals surface area contributed by atoms with E-state index in [1.54, 1.807) is 0 Å². The van der Waals surface area contributed by atoms with E-state index in [4.69, 9.17) is 0 Å². The fourth-order valence-corrected chi connectivity index (χ4v) is 1.68. The lowest BCUT2D eigenvalue weighted by Gasteiger charge is -2.26. The topological polar surface area (TPSA) is 32.3 Å². The number of nitrogens with one attached hydrogen (secondary N) is 1. The van der Waals surface area contributed by atoms with E-state index in [1.807, 2.05) is 11.9 Å². The summed E-state index contributed by atoms with van der Waals surface area (Å²) in [5, 5.41) is 3.26. The summed E-state index contributed by atoms with van der Waals surface area (Å²) >= 11 is 0. The predicted octanol–water partition coefficient (Wildman–Crippen LogP) is 2.02. The molecule has 15 heavy (non-hydrogen) atoms. The van der Waals surface area contributed by atoms with Gasteiger partial charge in [-0.05, 0) is 12.8 Å². The number of hydrogen-bond donors (Lipinski definition) is 1. The minimum Gasteiger partial charge on any atom is -0.343 e. The quantitative estimate of drug-likeness (QED) is 0.703. The number of carbonyl (C=O) groups is 1. The highest BCUT2D eigenvalue weighted by Gasteiger charge is 2.15. The molecule has 0 atom stereocenters. The standard InChI is InChI=1S/C12H26N2O/c1-6-11(7-2)14(5)12(15)8-9-13-10(3)4/h10-11,13H,6-9H2,1-5H3. The summed E-state index contributed by atoms with van der Waals surface area (Å²) in [5.74, 6) is 0.247. The summed E-state index contributed by atoms with van der Waals surface area (Å²) in [6, 6.07) is 0.854. The summed E-state index contributed by atoms with van der Waals surface area (Å²) in [6.45, 7) is 9.22. The molecule has 0 aromatic carbocycles. The van der Waals surface area contributed by atoms with Gasteiger partial charge in [-0.25, -0.2) is 0 Å². The highest BCUT2D eigenvalue weighted by molar-refractivity contribution is 5.76. The van der Waals surface area contributed by atoms with Crippen molar-refractivity contribution in [3.63, 3.8) is 0 Å². The van der Waals surface area contributed by atoms with Gasteiger partial charge in [-0.1, -0.05) is 27.7 Å². The van der Waals surface area contributed by atoms with Crippen LogP contribution < -0.4 is 5.32 Å². The van der Waals surface area contributed by atoms with Gasteiger partial charge in [0.2, 0.25) is 5.91 Å². The van der Waals surface area contributed by atoms with Gasteiger partial charge in [0, 0.05) is 32.1 Å². The molecule has 0 bridgehead atoms. The molecule has 0 saturated carbocycles. The Kier molecular flexibility index (Phi) is 7.39. The normalized spacial score (nSPS) is 11.1. The lowest BCUT2D eigenvalue weighted by molar-refractivity contribution is -0.132. The first kappa shape index (κ1) is 14.4. The van der Waals surface area contributed by atoms with Crippen LogP contribution in [0.4, 0.5) is 0 Å². The Labute approximate surface area is 94.2 Å². The molecule has 0 spiro atoms. The summed E-state index contributed by atoms with van der Waals surface area (Å²) in [7, 11) is 1.91. The Hall–Kier alpha value is -0.570. The molecule has 1 amide bonds. The number of rotatable bonds is 7. The molecule has 1 N–H and O–H groups in total. The van der Waals surface area contributed by atoms with Crippen LogP contribution in [0.1, 0.15) is 47.0 Å². The monoisotopic (exact) mass is 214 g/mol. The zero-order valence-corrected chi connectivity index (χ0v) is 10.8. The van der Waals surface area contributed by atoms with Crippen molar-refractivity contribution in [2.75, 3.05) is 13.6 Å². The third-order valence-electron chi connectivity index (χ3n) is 2.78. The average molecular weight is 214 g/mol. The molecule has 0 rings (SSSR count). The number of hydrogen-bond acceptors (Lipinski definition) is 2. The first-order chi connectivity index (χ1) is 7.02. The zero-order valence-electron chi connectivity index (χ0n) is 10.8. The van der Waals surface area contributed by atoms with Crippen LogP contribution in [0.3, 0.4) is 0 Å². The van der Waals surface area contributed by atoms with Crippen LogP contribution in [-0.4, -0.2) is 36.5 Å². The molecule has 3 nitrogen and oxygen atoms in total. The molecule has 0 aliphatic rings. The zero-order chi connectivity index (χ0) is 11.8. The van der Waals surface area contributed by atoms with Crippen molar-refractivity contribution in [2.45, 2.75) is 59.0 Å². The Morgan fingerprint density at radius 1 is 1.27 bits per heavy atom. The molecular formula is C12H26N2O. The molecule has 0 aromatic heterocycles. The number of nitrogens with zero attached hydrogens (tertiary/aromatic N) is 1. The summed E-state index contributed by atoms with van der Waals surface area (Å²) < 4.78 is 0. The largest absolute Gasteiger partial charge is 0.343 e. The smallest absolute Gasteiger partial charge is 0.223 e. The van der Waals surface area contributed by atoms with Crippen LogP contribution in [0, 0.1) is 0 Å². The number of carbonyl (C=O) groups excluding carboxylic acids is 1. The summed E-state index contributed by atoms with van der Waals surface area (Å²) in [6.07, 6.45) is 2.68. The van der Waals surface area contributed by atoms with Crippen molar-refractivity contribution in [3.8, 4) is 0 Å². The van der Waals surface area contributed by atoms with Gasteiger partial charge < -0.3 is 10.2 Å². The highest BCUT2D eigenvalue weighted by atomic mass is 16.2. The van der Waals surface area contributed by atoms with E-state index in [0.717, 1.165) is 19.4 Å². The minimum absolute atomic E-state index is 0.247. The van der Waals surface area contributed by atoms with Crippen molar-refractivity contribution >= 4 is 5.91 Å². The maximum atomic E-state index is 11.8. The van der Waals surface area contributed by atoms with E-state index in [1.165, 1.54) is 0 Å². The Morgan fingerprint density at radius 3 is 2.20 bits per heavy atom. The van der Waals surface area contributed by atoms with Gasteiger partial charge in [0.05, 0.1) is 0 Å². The van der Waals surface area contributed by atoms with Crippen LogP contribution in [0.5, 0.6) is 0 Å². The molecule has 0 aromatic rings. The first-order valence-corrected chi connectivity index (χ1v) is 6.01. The van der Waals surface area contributed by atoms with Gasteiger partial charge in [-0.15, -0.1) is 0 Å². The lowest BCUT2D eigenvalue weighted by Crippen LogP contribution is -2.38. The second-order valence-electron chi connectivity index (χ2n) is 4.33. The SMILES string of the molecule is CCC(CC)N(C)C(=O)CCNC(C)C. The lowest BCUT2D eigenvalue weighted by atomic mass is 10.1. The molecule has 0 unspecified atom stereocenters. The molecule has 0 aliphatic carbocycles.